The number of hydrogen-bond acceptors (Lipinski definition) is 3. The lowest BCUT2D eigenvalue weighted by molar-refractivity contribution is 0.305. The van der Waals surface area contributed by atoms with Crippen molar-refractivity contribution in [2.24, 2.45) is 0 Å². The van der Waals surface area contributed by atoms with Crippen molar-refractivity contribution < 1.29 is 13.2 Å². The fourth-order valence-corrected chi connectivity index (χ4v) is 4.51. The van der Waals surface area contributed by atoms with Gasteiger partial charge < -0.3 is 4.74 Å². The maximum atomic E-state index is 13.0. The molecule has 0 fully saturated rings. The highest BCUT2D eigenvalue weighted by Crippen LogP contribution is 2.25. The Bertz CT molecular complexity index is 1030. The van der Waals surface area contributed by atoms with Gasteiger partial charge in [-0.1, -0.05) is 42.0 Å². The van der Waals surface area contributed by atoms with Crippen LogP contribution in [0.3, 0.4) is 0 Å². The van der Waals surface area contributed by atoms with Crippen LogP contribution < -0.4 is 9.04 Å². The van der Waals surface area contributed by atoms with Gasteiger partial charge in [0.1, 0.15) is 12.4 Å². The second kappa shape index (κ2) is 8.48. The molecule has 0 amide bonds. The number of ether oxygens (including phenoxy) is 1. The molecule has 0 aromatic heterocycles. The number of nitrogens with zero attached hydrogens (tertiary/aromatic N) is 1. The lowest BCUT2D eigenvalue weighted by atomic mass is 10.1. The van der Waals surface area contributed by atoms with Gasteiger partial charge in [-0.2, -0.15) is 0 Å². The van der Waals surface area contributed by atoms with E-state index >= 15 is 0 Å². The lowest BCUT2D eigenvalue weighted by Crippen LogP contribution is -2.30. The van der Waals surface area contributed by atoms with Crippen molar-refractivity contribution in [2.75, 3.05) is 10.8 Å². The second-order valence-electron chi connectivity index (χ2n) is 6.70. The molecule has 28 heavy (non-hydrogen) atoms. The van der Waals surface area contributed by atoms with Crippen molar-refractivity contribution in [2.45, 2.75) is 32.3 Å². The highest BCUT2D eigenvalue weighted by Gasteiger charge is 2.23. The topological polar surface area (TPSA) is 46.6 Å². The van der Waals surface area contributed by atoms with E-state index in [0.29, 0.717) is 24.6 Å². The number of benzene rings is 3. The third-order valence-corrected chi connectivity index (χ3v) is 6.56. The molecule has 0 heterocycles. The van der Waals surface area contributed by atoms with E-state index in [0.717, 1.165) is 5.56 Å². The summed E-state index contributed by atoms with van der Waals surface area (Å²) in [5, 5.41) is 0. The molecular formula is C23H25NO3S. The summed E-state index contributed by atoms with van der Waals surface area (Å²) in [6, 6.07) is 22.0. The number of anilines is 1. The largest absolute Gasteiger partial charge is 0.489 e. The van der Waals surface area contributed by atoms with Gasteiger partial charge in [-0.3, -0.25) is 4.31 Å². The summed E-state index contributed by atoms with van der Waals surface area (Å²) in [5.41, 5.74) is 4.13. The van der Waals surface area contributed by atoms with Crippen LogP contribution in [0.4, 0.5) is 5.69 Å². The minimum absolute atomic E-state index is 0.247. The smallest absolute Gasteiger partial charge is 0.264 e. The van der Waals surface area contributed by atoms with Gasteiger partial charge in [0.2, 0.25) is 0 Å². The van der Waals surface area contributed by atoms with Gasteiger partial charge >= 0.3 is 0 Å². The molecule has 0 atom stereocenters. The Morgan fingerprint density at radius 1 is 0.893 bits per heavy atom. The van der Waals surface area contributed by atoms with E-state index in [-0.39, 0.29) is 4.90 Å². The summed E-state index contributed by atoms with van der Waals surface area (Å²) in [5.74, 6) is 0.641. The molecule has 3 aromatic carbocycles. The summed E-state index contributed by atoms with van der Waals surface area (Å²) in [6.45, 7) is 6.74. The average Bonchev–Trinajstić information content (AvgIpc) is 2.70. The molecule has 0 bridgehead atoms. The van der Waals surface area contributed by atoms with Crippen LogP contribution in [-0.4, -0.2) is 15.0 Å². The van der Waals surface area contributed by atoms with Crippen LogP contribution in [0, 0.1) is 13.8 Å². The zero-order valence-corrected chi connectivity index (χ0v) is 17.2. The van der Waals surface area contributed by atoms with E-state index < -0.39 is 10.0 Å². The Balaban J connectivity index is 1.77. The Kier molecular flexibility index (Phi) is 6.05. The molecule has 0 aliphatic rings. The first kappa shape index (κ1) is 20.0. The Hall–Kier alpha value is -2.79. The maximum absolute atomic E-state index is 13.0. The van der Waals surface area contributed by atoms with Gasteiger partial charge in [0, 0.05) is 6.54 Å². The minimum Gasteiger partial charge on any atom is -0.489 e. The van der Waals surface area contributed by atoms with Crippen molar-refractivity contribution in [1.82, 2.24) is 0 Å². The highest BCUT2D eigenvalue weighted by atomic mass is 32.2. The highest BCUT2D eigenvalue weighted by molar-refractivity contribution is 7.92. The number of para-hydroxylation sites is 1. The van der Waals surface area contributed by atoms with E-state index in [1.54, 1.807) is 36.4 Å². The van der Waals surface area contributed by atoms with Crippen LogP contribution in [0.5, 0.6) is 5.75 Å². The molecule has 0 radical (unpaired) electrons. The Morgan fingerprint density at radius 3 is 2.21 bits per heavy atom. The second-order valence-corrected chi connectivity index (χ2v) is 8.56. The molecule has 0 unspecified atom stereocenters. The standard InChI is InChI=1S/C23H25NO3S/c1-4-24(21-8-6-5-7-9-21)28(25,26)23-14-12-22(13-15-23)27-17-20-16-18(2)10-11-19(20)3/h5-16H,4,17H2,1-3H3. The number of sulfonamides is 1. The zero-order chi connectivity index (χ0) is 20.1. The van der Waals surface area contributed by atoms with E-state index in [2.05, 4.69) is 32.0 Å². The van der Waals surface area contributed by atoms with E-state index in [1.165, 1.54) is 15.4 Å². The van der Waals surface area contributed by atoms with Crippen LogP contribution in [0.15, 0.2) is 77.7 Å². The molecule has 5 heteroatoms. The number of rotatable bonds is 7. The summed E-state index contributed by atoms with van der Waals surface area (Å²) >= 11 is 0. The normalized spacial score (nSPS) is 11.2. The van der Waals surface area contributed by atoms with Gasteiger partial charge in [-0.15, -0.1) is 0 Å². The molecular weight excluding hydrogens is 370 g/mol. The summed E-state index contributed by atoms with van der Waals surface area (Å²) in [6.07, 6.45) is 0. The molecule has 0 N–H and O–H groups in total. The van der Waals surface area contributed by atoms with Crippen molar-refractivity contribution in [3.05, 3.63) is 89.5 Å². The van der Waals surface area contributed by atoms with Crippen molar-refractivity contribution in [3.8, 4) is 5.75 Å². The first-order chi connectivity index (χ1) is 13.4. The first-order valence-corrected chi connectivity index (χ1v) is 10.7. The lowest BCUT2D eigenvalue weighted by Gasteiger charge is -2.23. The van der Waals surface area contributed by atoms with Gasteiger partial charge in [-0.05, 0) is 68.3 Å². The summed E-state index contributed by atoms with van der Waals surface area (Å²) < 4.78 is 33.3. The molecule has 3 rings (SSSR count). The quantitative estimate of drug-likeness (QED) is 0.559. The van der Waals surface area contributed by atoms with Gasteiger partial charge in [0.05, 0.1) is 10.6 Å². The Morgan fingerprint density at radius 2 is 1.57 bits per heavy atom. The third-order valence-electron chi connectivity index (χ3n) is 4.64. The Labute approximate surface area is 167 Å². The van der Waals surface area contributed by atoms with Crippen molar-refractivity contribution >= 4 is 15.7 Å². The van der Waals surface area contributed by atoms with Crippen LogP contribution in [0.25, 0.3) is 0 Å². The van der Waals surface area contributed by atoms with Gasteiger partial charge in [-0.25, -0.2) is 8.42 Å². The van der Waals surface area contributed by atoms with E-state index in [1.807, 2.05) is 25.1 Å². The van der Waals surface area contributed by atoms with Crippen LogP contribution in [0.1, 0.15) is 23.6 Å². The van der Waals surface area contributed by atoms with E-state index in [9.17, 15) is 8.42 Å². The molecule has 0 saturated carbocycles. The summed E-state index contributed by atoms with van der Waals surface area (Å²) in [7, 11) is -3.62. The fourth-order valence-electron chi connectivity index (χ4n) is 3.04. The van der Waals surface area contributed by atoms with Gasteiger partial charge in [0.25, 0.3) is 10.0 Å². The number of hydrogen-bond donors (Lipinski definition) is 0. The average molecular weight is 396 g/mol. The SMILES string of the molecule is CCN(c1ccccc1)S(=O)(=O)c1ccc(OCc2cc(C)ccc2C)cc1. The first-order valence-electron chi connectivity index (χ1n) is 9.28. The van der Waals surface area contributed by atoms with Crippen LogP contribution in [0.2, 0.25) is 0 Å². The molecule has 0 saturated heterocycles. The molecule has 0 aliphatic heterocycles. The predicted molar refractivity (Wildman–Crippen MR) is 113 cm³/mol. The van der Waals surface area contributed by atoms with Crippen LogP contribution >= 0.6 is 0 Å². The molecule has 4 nitrogen and oxygen atoms in total. The molecule has 0 aliphatic carbocycles. The van der Waals surface area contributed by atoms with Crippen molar-refractivity contribution in [1.29, 1.82) is 0 Å². The fraction of sp³-hybridized carbons (Fsp3) is 0.217. The van der Waals surface area contributed by atoms with E-state index in [4.69, 9.17) is 4.74 Å². The minimum atomic E-state index is -3.62. The number of aryl methyl sites for hydroxylation is 2. The third kappa shape index (κ3) is 4.37. The van der Waals surface area contributed by atoms with Crippen LogP contribution in [-0.2, 0) is 16.6 Å². The molecule has 0 spiro atoms. The van der Waals surface area contributed by atoms with Crippen molar-refractivity contribution in [3.63, 3.8) is 0 Å². The molecule has 3 aromatic rings. The monoisotopic (exact) mass is 395 g/mol. The molecule has 146 valence electrons. The maximum Gasteiger partial charge on any atom is 0.264 e. The zero-order valence-electron chi connectivity index (χ0n) is 16.4. The predicted octanol–water partition coefficient (Wildman–Crippen LogP) is 5.10. The summed E-state index contributed by atoms with van der Waals surface area (Å²) in [4.78, 5) is 0.247. The van der Waals surface area contributed by atoms with Gasteiger partial charge in [0.15, 0.2) is 0 Å².